The fourth-order valence-electron chi connectivity index (χ4n) is 3.39. The maximum absolute atomic E-state index is 13.4. The zero-order valence-corrected chi connectivity index (χ0v) is 15.2. The lowest BCUT2D eigenvalue weighted by molar-refractivity contribution is 0.0665. The van der Waals surface area contributed by atoms with E-state index >= 15 is 0 Å². The summed E-state index contributed by atoms with van der Waals surface area (Å²) < 4.78 is 11.0. The van der Waals surface area contributed by atoms with Crippen molar-refractivity contribution in [1.29, 1.82) is 0 Å². The molecule has 1 aliphatic heterocycles. The Balaban J connectivity index is 1.88. The van der Waals surface area contributed by atoms with Crippen LogP contribution in [0.5, 0.6) is 11.5 Å². The van der Waals surface area contributed by atoms with E-state index in [1.54, 1.807) is 6.07 Å². The predicted octanol–water partition coefficient (Wildman–Crippen LogP) is 3.23. The van der Waals surface area contributed by atoms with Gasteiger partial charge in [0.1, 0.15) is 0 Å². The Morgan fingerprint density at radius 1 is 1.15 bits per heavy atom. The van der Waals surface area contributed by atoms with Gasteiger partial charge in [-0.05, 0) is 43.5 Å². The number of para-hydroxylation sites is 1. The number of rotatable bonds is 8. The number of ether oxygens (including phenoxy) is 2. The Kier molecular flexibility index (Phi) is 6.12. The molecule has 0 spiro atoms. The van der Waals surface area contributed by atoms with Crippen LogP contribution in [0.1, 0.15) is 35.7 Å². The number of amides is 1. The summed E-state index contributed by atoms with van der Waals surface area (Å²) in [5, 5.41) is 0. The van der Waals surface area contributed by atoms with E-state index in [0.29, 0.717) is 30.2 Å². The maximum atomic E-state index is 13.4. The van der Waals surface area contributed by atoms with Gasteiger partial charge in [0.25, 0.3) is 5.91 Å². The predicted molar refractivity (Wildman–Crippen MR) is 101 cm³/mol. The molecule has 1 unspecified atom stereocenters. The van der Waals surface area contributed by atoms with Crippen molar-refractivity contribution in [2.45, 2.75) is 32.2 Å². The topological polar surface area (TPSA) is 64.8 Å². The fraction of sp³-hybridized carbons (Fsp3) is 0.381. The molecule has 1 aliphatic rings. The highest BCUT2D eigenvalue weighted by atomic mass is 16.7. The third-order valence-electron chi connectivity index (χ3n) is 4.61. The summed E-state index contributed by atoms with van der Waals surface area (Å²) in [7, 11) is 0. The van der Waals surface area contributed by atoms with Gasteiger partial charge in [0.15, 0.2) is 11.5 Å². The van der Waals surface area contributed by atoms with Crippen molar-refractivity contribution in [1.82, 2.24) is 4.90 Å². The van der Waals surface area contributed by atoms with Crippen molar-refractivity contribution in [3.63, 3.8) is 0 Å². The van der Waals surface area contributed by atoms with E-state index in [-0.39, 0.29) is 18.7 Å². The highest BCUT2D eigenvalue weighted by Gasteiger charge is 2.29. The number of carbonyl (C=O) groups is 1. The van der Waals surface area contributed by atoms with Crippen LogP contribution < -0.4 is 15.2 Å². The minimum Gasteiger partial charge on any atom is -0.454 e. The van der Waals surface area contributed by atoms with Gasteiger partial charge < -0.3 is 20.1 Å². The van der Waals surface area contributed by atoms with Crippen molar-refractivity contribution < 1.29 is 14.3 Å². The molecular weight excluding hydrogens is 328 g/mol. The van der Waals surface area contributed by atoms with Crippen LogP contribution in [0.4, 0.5) is 0 Å². The van der Waals surface area contributed by atoms with Crippen LogP contribution in [0.3, 0.4) is 0 Å². The van der Waals surface area contributed by atoms with E-state index in [9.17, 15) is 4.79 Å². The van der Waals surface area contributed by atoms with E-state index in [1.165, 1.54) is 5.56 Å². The molecule has 26 heavy (non-hydrogen) atoms. The summed E-state index contributed by atoms with van der Waals surface area (Å²) in [4.78, 5) is 15.3. The number of carbonyl (C=O) groups excluding carboxylic acids is 1. The monoisotopic (exact) mass is 354 g/mol. The quantitative estimate of drug-likeness (QED) is 0.790. The molecule has 0 saturated carbocycles. The lowest BCUT2D eigenvalue weighted by atomic mass is 10.00. The van der Waals surface area contributed by atoms with Crippen molar-refractivity contribution >= 4 is 5.91 Å². The Morgan fingerprint density at radius 3 is 2.69 bits per heavy atom. The SMILES string of the molecule is CCCN(C(=O)c1cccc2c1OCO2)C(CCN)Cc1ccccc1. The summed E-state index contributed by atoms with van der Waals surface area (Å²) >= 11 is 0. The molecule has 5 heteroatoms. The van der Waals surface area contributed by atoms with Gasteiger partial charge in [-0.2, -0.15) is 0 Å². The van der Waals surface area contributed by atoms with Gasteiger partial charge in [-0.25, -0.2) is 0 Å². The Hall–Kier alpha value is -2.53. The van der Waals surface area contributed by atoms with Gasteiger partial charge in [-0.15, -0.1) is 0 Å². The number of nitrogens with zero attached hydrogens (tertiary/aromatic N) is 1. The first kappa shape index (κ1) is 18.3. The van der Waals surface area contributed by atoms with Crippen LogP contribution in [0.25, 0.3) is 0 Å². The molecule has 1 atom stereocenters. The molecule has 1 heterocycles. The normalized spacial score (nSPS) is 13.5. The molecule has 0 fully saturated rings. The van der Waals surface area contributed by atoms with Crippen molar-refractivity contribution in [2.75, 3.05) is 19.9 Å². The number of fused-ring (bicyclic) bond motifs is 1. The zero-order valence-electron chi connectivity index (χ0n) is 15.2. The van der Waals surface area contributed by atoms with Crippen LogP contribution in [0.2, 0.25) is 0 Å². The molecule has 0 aromatic heterocycles. The standard InChI is InChI=1S/C21H26N2O3/c1-2-13-23(17(11-12-22)14-16-7-4-3-5-8-16)21(24)18-9-6-10-19-20(18)26-15-25-19/h3-10,17H,2,11-15,22H2,1H3. The summed E-state index contributed by atoms with van der Waals surface area (Å²) in [6.45, 7) is 3.46. The molecule has 0 radical (unpaired) electrons. The molecule has 0 aliphatic carbocycles. The third-order valence-corrected chi connectivity index (χ3v) is 4.61. The number of hydrogen-bond acceptors (Lipinski definition) is 4. The van der Waals surface area contributed by atoms with E-state index in [0.717, 1.165) is 19.3 Å². The maximum Gasteiger partial charge on any atom is 0.258 e. The largest absolute Gasteiger partial charge is 0.454 e. The second-order valence-corrected chi connectivity index (χ2v) is 6.46. The van der Waals surface area contributed by atoms with Crippen LogP contribution in [0.15, 0.2) is 48.5 Å². The van der Waals surface area contributed by atoms with Crippen molar-refractivity contribution in [3.8, 4) is 11.5 Å². The Labute approximate surface area is 154 Å². The highest BCUT2D eigenvalue weighted by molar-refractivity contribution is 5.98. The van der Waals surface area contributed by atoms with Crippen molar-refractivity contribution in [2.24, 2.45) is 5.73 Å². The van der Waals surface area contributed by atoms with E-state index in [2.05, 4.69) is 19.1 Å². The molecule has 2 aromatic carbocycles. The fourth-order valence-corrected chi connectivity index (χ4v) is 3.39. The van der Waals surface area contributed by atoms with E-state index < -0.39 is 0 Å². The lowest BCUT2D eigenvalue weighted by Gasteiger charge is -2.32. The molecule has 2 aromatic rings. The Bertz CT molecular complexity index is 733. The molecule has 0 bridgehead atoms. The van der Waals surface area contributed by atoms with Gasteiger partial charge >= 0.3 is 0 Å². The lowest BCUT2D eigenvalue weighted by Crippen LogP contribution is -2.43. The minimum absolute atomic E-state index is 0.0245. The van der Waals surface area contributed by atoms with Crippen LogP contribution in [0, 0.1) is 0 Å². The van der Waals surface area contributed by atoms with Gasteiger partial charge in [0.05, 0.1) is 5.56 Å². The van der Waals surface area contributed by atoms with Crippen LogP contribution in [-0.2, 0) is 6.42 Å². The molecule has 1 amide bonds. The van der Waals surface area contributed by atoms with E-state index in [1.807, 2.05) is 35.2 Å². The van der Waals surface area contributed by atoms with E-state index in [4.69, 9.17) is 15.2 Å². The van der Waals surface area contributed by atoms with Crippen LogP contribution >= 0.6 is 0 Å². The first-order valence-corrected chi connectivity index (χ1v) is 9.18. The average Bonchev–Trinajstić information content (AvgIpc) is 3.15. The van der Waals surface area contributed by atoms with Gasteiger partial charge in [0.2, 0.25) is 6.79 Å². The number of hydrogen-bond donors (Lipinski definition) is 1. The van der Waals surface area contributed by atoms with Gasteiger partial charge in [-0.1, -0.05) is 43.3 Å². The smallest absolute Gasteiger partial charge is 0.258 e. The first-order valence-electron chi connectivity index (χ1n) is 9.18. The third kappa shape index (κ3) is 3.99. The molecule has 2 N–H and O–H groups in total. The minimum atomic E-state index is -0.0245. The average molecular weight is 354 g/mol. The van der Waals surface area contributed by atoms with Gasteiger partial charge in [0, 0.05) is 12.6 Å². The summed E-state index contributed by atoms with van der Waals surface area (Å²) in [6, 6.07) is 15.7. The molecular formula is C21H26N2O3. The van der Waals surface area contributed by atoms with Gasteiger partial charge in [-0.3, -0.25) is 4.79 Å². The second kappa shape index (κ2) is 8.72. The molecule has 3 rings (SSSR count). The summed E-state index contributed by atoms with van der Waals surface area (Å²) in [5.74, 6) is 1.15. The summed E-state index contributed by atoms with van der Waals surface area (Å²) in [5.41, 5.74) is 7.63. The zero-order chi connectivity index (χ0) is 18.4. The molecule has 0 saturated heterocycles. The molecule has 5 nitrogen and oxygen atoms in total. The first-order chi connectivity index (χ1) is 12.7. The number of benzene rings is 2. The highest BCUT2D eigenvalue weighted by Crippen LogP contribution is 2.36. The van der Waals surface area contributed by atoms with Crippen molar-refractivity contribution in [3.05, 3.63) is 59.7 Å². The molecule has 138 valence electrons. The van der Waals surface area contributed by atoms with Crippen LogP contribution in [-0.4, -0.2) is 36.7 Å². The second-order valence-electron chi connectivity index (χ2n) is 6.46. The summed E-state index contributed by atoms with van der Waals surface area (Å²) in [6.07, 6.45) is 2.43. The number of nitrogens with two attached hydrogens (primary N) is 1. The Morgan fingerprint density at radius 2 is 1.96 bits per heavy atom.